The molecule has 3 aliphatic rings. The van der Waals surface area contributed by atoms with Crippen molar-refractivity contribution < 1.29 is 0 Å². The Morgan fingerprint density at radius 3 is 2.11 bits per heavy atom. The van der Waals surface area contributed by atoms with Crippen LogP contribution in [0.3, 0.4) is 0 Å². The molecule has 2 nitrogen and oxygen atoms in total. The molecule has 0 aromatic rings. The van der Waals surface area contributed by atoms with Crippen molar-refractivity contribution in [1.29, 1.82) is 0 Å². The molecule has 0 saturated carbocycles. The van der Waals surface area contributed by atoms with Gasteiger partial charge in [-0.1, -0.05) is 0 Å². The Balaban J connectivity index is 2.06. The molecule has 0 aliphatic carbocycles. The average molecular weight is 126 g/mol. The highest BCUT2D eigenvalue weighted by Gasteiger charge is 2.28. The van der Waals surface area contributed by atoms with Crippen LogP contribution < -0.4 is 0 Å². The molecule has 0 atom stereocenters. The Hall–Kier alpha value is -0.0800. The summed E-state index contributed by atoms with van der Waals surface area (Å²) < 4.78 is 0. The van der Waals surface area contributed by atoms with E-state index in [0.717, 1.165) is 6.04 Å². The van der Waals surface area contributed by atoms with Gasteiger partial charge >= 0.3 is 0 Å². The van der Waals surface area contributed by atoms with E-state index in [9.17, 15) is 0 Å². The Bertz CT molecular complexity index is 105. The lowest BCUT2D eigenvalue weighted by atomic mass is 10.0. The summed E-state index contributed by atoms with van der Waals surface area (Å²) in [4.78, 5) is 4.99. The zero-order valence-electron chi connectivity index (χ0n) is 6.01. The Morgan fingerprint density at radius 2 is 1.89 bits per heavy atom. The fraction of sp³-hybridized carbons (Fsp3) is 1.00. The maximum atomic E-state index is 2.53. The monoisotopic (exact) mass is 126 g/mol. The SMILES string of the molecule is CN1CN2CCC1CC2. The van der Waals surface area contributed by atoms with Crippen molar-refractivity contribution in [1.82, 2.24) is 9.80 Å². The van der Waals surface area contributed by atoms with Gasteiger partial charge in [-0.25, -0.2) is 0 Å². The third kappa shape index (κ3) is 0.864. The van der Waals surface area contributed by atoms with Crippen LogP contribution in [0.4, 0.5) is 0 Å². The van der Waals surface area contributed by atoms with E-state index in [-0.39, 0.29) is 0 Å². The second-order valence-electron chi connectivity index (χ2n) is 3.25. The van der Waals surface area contributed by atoms with Gasteiger partial charge in [0.25, 0.3) is 0 Å². The van der Waals surface area contributed by atoms with Crippen LogP contribution in [0.15, 0.2) is 0 Å². The van der Waals surface area contributed by atoms with Crippen LogP contribution in [-0.2, 0) is 0 Å². The molecule has 3 aliphatic heterocycles. The average Bonchev–Trinajstić information content (AvgIpc) is 1.90. The van der Waals surface area contributed by atoms with Crippen LogP contribution in [0.5, 0.6) is 0 Å². The number of hydrogen-bond acceptors (Lipinski definition) is 2. The van der Waals surface area contributed by atoms with E-state index in [2.05, 4.69) is 16.8 Å². The van der Waals surface area contributed by atoms with E-state index in [1.165, 1.54) is 32.6 Å². The van der Waals surface area contributed by atoms with Crippen molar-refractivity contribution in [3.05, 3.63) is 0 Å². The first kappa shape index (κ1) is 5.69. The lowest BCUT2D eigenvalue weighted by Crippen LogP contribution is -2.54. The number of hydrogen-bond donors (Lipinski definition) is 0. The smallest absolute Gasteiger partial charge is 0.0506 e. The summed E-state index contributed by atoms with van der Waals surface area (Å²) >= 11 is 0. The number of rotatable bonds is 0. The van der Waals surface area contributed by atoms with Crippen molar-refractivity contribution in [2.45, 2.75) is 18.9 Å². The molecule has 3 fully saturated rings. The van der Waals surface area contributed by atoms with E-state index in [0.29, 0.717) is 0 Å². The summed E-state index contributed by atoms with van der Waals surface area (Å²) in [6.45, 7) is 3.90. The molecular weight excluding hydrogens is 112 g/mol. The fourth-order valence-electron chi connectivity index (χ4n) is 1.93. The largest absolute Gasteiger partial charge is 0.290 e. The third-order valence-corrected chi connectivity index (χ3v) is 2.60. The Labute approximate surface area is 56.4 Å². The molecule has 9 heavy (non-hydrogen) atoms. The molecule has 0 N–H and O–H groups in total. The maximum absolute atomic E-state index is 2.53. The topological polar surface area (TPSA) is 6.48 Å². The highest BCUT2D eigenvalue weighted by Crippen LogP contribution is 2.21. The maximum Gasteiger partial charge on any atom is 0.0506 e. The summed E-state index contributed by atoms with van der Waals surface area (Å²) in [6, 6.07) is 0.912. The Morgan fingerprint density at radius 1 is 1.22 bits per heavy atom. The molecule has 0 aromatic carbocycles. The predicted octanol–water partition coefficient (Wildman–Crippen LogP) is 0.354. The molecule has 52 valence electrons. The first-order valence-electron chi connectivity index (χ1n) is 3.79. The van der Waals surface area contributed by atoms with Gasteiger partial charge in [0.05, 0.1) is 6.67 Å². The highest BCUT2D eigenvalue weighted by atomic mass is 15.4. The van der Waals surface area contributed by atoms with E-state index >= 15 is 0 Å². The van der Waals surface area contributed by atoms with Crippen molar-refractivity contribution in [2.75, 3.05) is 26.8 Å². The predicted molar refractivity (Wildman–Crippen MR) is 37.2 cm³/mol. The molecule has 2 heteroatoms. The minimum Gasteiger partial charge on any atom is -0.290 e. The number of fused-ring (bicyclic) bond motifs is 3. The van der Waals surface area contributed by atoms with E-state index in [1.54, 1.807) is 0 Å². The zero-order valence-corrected chi connectivity index (χ0v) is 6.01. The normalized spacial score (nSPS) is 43.7. The van der Waals surface area contributed by atoms with E-state index in [4.69, 9.17) is 0 Å². The van der Waals surface area contributed by atoms with Crippen LogP contribution in [0.25, 0.3) is 0 Å². The van der Waals surface area contributed by atoms with Gasteiger partial charge in [0.2, 0.25) is 0 Å². The van der Waals surface area contributed by atoms with Crippen LogP contribution >= 0.6 is 0 Å². The second-order valence-corrected chi connectivity index (χ2v) is 3.25. The van der Waals surface area contributed by atoms with Gasteiger partial charge in [-0.15, -0.1) is 0 Å². The molecule has 0 spiro atoms. The lowest BCUT2D eigenvalue weighted by molar-refractivity contribution is 0.00430. The molecular formula is C7H14N2. The minimum absolute atomic E-state index is 0.912. The summed E-state index contributed by atoms with van der Waals surface area (Å²) in [6.07, 6.45) is 2.80. The minimum atomic E-state index is 0.912. The van der Waals surface area contributed by atoms with Gasteiger partial charge in [-0.2, -0.15) is 0 Å². The van der Waals surface area contributed by atoms with Crippen LogP contribution in [0.2, 0.25) is 0 Å². The van der Waals surface area contributed by atoms with E-state index < -0.39 is 0 Å². The van der Waals surface area contributed by atoms with Crippen molar-refractivity contribution in [2.24, 2.45) is 0 Å². The summed E-state index contributed by atoms with van der Waals surface area (Å²) in [5.74, 6) is 0. The third-order valence-electron chi connectivity index (χ3n) is 2.60. The quantitative estimate of drug-likeness (QED) is 0.462. The molecule has 0 amide bonds. The van der Waals surface area contributed by atoms with E-state index in [1.807, 2.05) is 0 Å². The fourth-order valence-corrected chi connectivity index (χ4v) is 1.93. The van der Waals surface area contributed by atoms with Gasteiger partial charge in [0.15, 0.2) is 0 Å². The Kier molecular flexibility index (Phi) is 1.24. The summed E-state index contributed by atoms with van der Waals surface area (Å²) in [5.41, 5.74) is 0. The summed E-state index contributed by atoms with van der Waals surface area (Å²) in [5, 5.41) is 0. The molecule has 0 aromatic heterocycles. The summed E-state index contributed by atoms with van der Waals surface area (Å²) in [7, 11) is 2.23. The zero-order chi connectivity index (χ0) is 6.27. The van der Waals surface area contributed by atoms with Gasteiger partial charge < -0.3 is 0 Å². The van der Waals surface area contributed by atoms with Crippen LogP contribution in [0.1, 0.15) is 12.8 Å². The molecule has 3 heterocycles. The molecule has 0 radical (unpaired) electrons. The van der Waals surface area contributed by atoms with Crippen molar-refractivity contribution in [3.8, 4) is 0 Å². The molecule has 3 saturated heterocycles. The number of nitrogens with zero attached hydrogens (tertiary/aromatic N) is 2. The number of piperidine rings is 1. The molecule has 2 bridgehead atoms. The van der Waals surface area contributed by atoms with Gasteiger partial charge in [-0.05, 0) is 19.9 Å². The highest BCUT2D eigenvalue weighted by molar-refractivity contribution is 4.83. The standard InChI is InChI=1S/C7H14N2/c1-8-6-9-4-2-7(8)3-5-9/h7H,2-6H2,1H3. The van der Waals surface area contributed by atoms with Crippen LogP contribution in [0, 0.1) is 0 Å². The van der Waals surface area contributed by atoms with Crippen molar-refractivity contribution in [3.63, 3.8) is 0 Å². The van der Waals surface area contributed by atoms with Gasteiger partial charge in [-0.3, -0.25) is 9.80 Å². The van der Waals surface area contributed by atoms with Crippen molar-refractivity contribution >= 4 is 0 Å². The van der Waals surface area contributed by atoms with Gasteiger partial charge in [0.1, 0.15) is 0 Å². The second kappa shape index (κ2) is 1.96. The molecule has 0 unspecified atom stereocenters. The van der Waals surface area contributed by atoms with Crippen LogP contribution in [-0.4, -0.2) is 42.6 Å². The first-order valence-corrected chi connectivity index (χ1v) is 3.79. The molecule has 3 rings (SSSR count). The lowest BCUT2D eigenvalue weighted by Gasteiger charge is -2.45. The first-order chi connectivity index (χ1) is 4.36. The van der Waals surface area contributed by atoms with Gasteiger partial charge in [0, 0.05) is 19.1 Å².